The number of hydrogen-bond acceptors (Lipinski definition) is 4. The van der Waals surface area contributed by atoms with Crippen LogP contribution in [0, 0.1) is 0 Å². The van der Waals surface area contributed by atoms with Gasteiger partial charge in [0.15, 0.2) is 0 Å². The van der Waals surface area contributed by atoms with Crippen molar-refractivity contribution in [2.24, 2.45) is 0 Å². The van der Waals surface area contributed by atoms with Crippen molar-refractivity contribution < 1.29 is 9.13 Å². The van der Waals surface area contributed by atoms with E-state index in [1.54, 1.807) is 11.3 Å². The van der Waals surface area contributed by atoms with E-state index in [1.165, 1.54) is 4.88 Å². The van der Waals surface area contributed by atoms with Crippen LogP contribution in [-0.2, 0) is 11.3 Å². The Balaban J connectivity index is 1.58. The molecule has 1 aromatic heterocycles. The molecule has 3 atom stereocenters. The molecule has 5 heteroatoms. The normalized spacial score (nSPS) is 31.4. The first-order chi connectivity index (χ1) is 9.72. The van der Waals surface area contributed by atoms with Crippen LogP contribution >= 0.6 is 11.3 Å². The Labute approximate surface area is 124 Å². The summed E-state index contributed by atoms with van der Waals surface area (Å²) < 4.78 is 19.2. The standard InChI is InChI=1S/C15H23FN2OS/c1-17(13-4-5-19-11-13)9-14-7-12(16)8-18(14)10-15-3-2-6-20-15/h2-3,6,12-14H,4-5,7-11H2,1H3/t12-,13?,14-/m0/s1. The van der Waals surface area contributed by atoms with E-state index in [2.05, 4.69) is 34.4 Å². The van der Waals surface area contributed by atoms with Gasteiger partial charge in [0.25, 0.3) is 0 Å². The van der Waals surface area contributed by atoms with E-state index < -0.39 is 6.17 Å². The molecule has 2 fully saturated rings. The maximum atomic E-state index is 13.8. The highest BCUT2D eigenvalue weighted by Gasteiger charge is 2.34. The van der Waals surface area contributed by atoms with Crippen LogP contribution in [0.4, 0.5) is 4.39 Å². The fourth-order valence-corrected chi connectivity index (χ4v) is 3.99. The van der Waals surface area contributed by atoms with Gasteiger partial charge in [0, 0.05) is 43.2 Å². The second-order valence-electron chi connectivity index (χ2n) is 5.95. The van der Waals surface area contributed by atoms with Crippen molar-refractivity contribution in [2.45, 2.75) is 37.6 Å². The number of likely N-dealkylation sites (N-methyl/N-ethyl adjacent to an activating group) is 1. The molecule has 2 aliphatic heterocycles. The Morgan fingerprint density at radius 1 is 1.55 bits per heavy atom. The molecular weight excluding hydrogens is 275 g/mol. The van der Waals surface area contributed by atoms with E-state index >= 15 is 0 Å². The summed E-state index contributed by atoms with van der Waals surface area (Å²) in [6.07, 6.45) is 1.10. The van der Waals surface area contributed by atoms with Crippen molar-refractivity contribution in [3.8, 4) is 0 Å². The number of halogens is 1. The zero-order valence-electron chi connectivity index (χ0n) is 12.0. The van der Waals surface area contributed by atoms with Crippen molar-refractivity contribution in [2.75, 3.05) is 33.4 Å². The maximum absolute atomic E-state index is 13.8. The van der Waals surface area contributed by atoms with Gasteiger partial charge < -0.3 is 4.74 Å². The number of alkyl halides is 1. The van der Waals surface area contributed by atoms with E-state index in [0.29, 0.717) is 25.0 Å². The average molecular weight is 298 g/mol. The van der Waals surface area contributed by atoms with Crippen molar-refractivity contribution in [1.82, 2.24) is 9.80 Å². The summed E-state index contributed by atoms with van der Waals surface area (Å²) >= 11 is 1.76. The summed E-state index contributed by atoms with van der Waals surface area (Å²) in [6.45, 7) is 4.10. The largest absolute Gasteiger partial charge is 0.380 e. The van der Waals surface area contributed by atoms with Crippen LogP contribution in [0.5, 0.6) is 0 Å². The SMILES string of the molecule is CN(C[C@@H]1C[C@H](F)CN1Cc1cccs1)C1CCOC1. The van der Waals surface area contributed by atoms with E-state index in [9.17, 15) is 4.39 Å². The number of likely N-dealkylation sites (tertiary alicyclic amines) is 1. The maximum Gasteiger partial charge on any atom is 0.114 e. The molecule has 0 aromatic carbocycles. The summed E-state index contributed by atoms with van der Waals surface area (Å²) in [7, 11) is 2.15. The summed E-state index contributed by atoms with van der Waals surface area (Å²) in [5, 5.41) is 2.09. The zero-order chi connectivity index (χ0) is 13.9. The van der Waals surface area contributed by atoms with E-state index in [-0.39, 0.29) is 0 Å². The molecule has 20 heavy (non-hydrogen) atoms. The summed E-state index contributed by atoms with van der Waals surface area (Å²) in [6, 6.07) is 5.05. The first-order valence-electron chi connectivity index (χ1n) is 7.41. The summed E-state index contributed by atoms with van der Waals surface area (Å²) in [5.74, 6) is 0. The molecule has 3 heterocycles. The third kappa shape index (κ3) is 3.39. The Morgan fingerprint density at radius 2 is 2.45 bits per heavy atom. The lowest BCUT2D eigenvalue weighted by Gasteiger charge is -2.30. The fourth-order valence-electron chi connectivity index (χ4n) is 3.26. The zero-order valence-corrected chi connectivity index (χ0v) is 12.8. The van der Waals surface area contributed by atoms with Crippen LogP contribution in [-0.4, -0.2) is 61.4 Å². The Kier molecular flexibility index (Phi) is 4.71. The lowest BCUT2D eigenvalue weighted by molar-refractivity contribution is 0.131. The van der Waals surface area contributed by atoms with Crippen LogP contribution in [0.25, 0.3) is 0 Å². The molecule has 112 valence electrons. The highest BCUT2D eigenvalue weighted by molar-refractivity contribution is 7.09. The molecule has 1 aromatic rings. The number of thiophene rings is 1. The minimum absolute atomic E-state index is 0.331. The number of ether oxygens (including phenoxy) is 1. The number of rotatable bonds is 5. The van der Waals surface area contributed by atoms with Crippen LogP contribution < -0.4 is 0 Å². The highest BCUT2D eigenvalue weighted by atomic mass is 32.1. The second-order valence-corrected chi connectivity index (χ2v) is 6.98. The molecular formula is C15H23FN2OS. The van der Waals surface area contributed by atoms with Gasteiger partial charge in [-0.2, -0.15) is 0 Å². The number of nitrogens with zero attached hydrogens (tertiary/aromatic N) is 2. The molecule has 0 radical (unpaired) electrons. The Bertz CT molecular complexity index is 408. The van der Waals surface area contributed by atoms with Crippen molar-refractivity contribution in [3.63, 3.8) is 0 Å². The van der Waals surface area contributed by atoms with E-state index in [0.717, 1.165) is 32.7 Å². The smallest absolute Gasteiger partial charge is 0.114 e. The third-order valence-corrected chi connectivity index (χ3v) is 5.30. The number of hydrogen-bond donors (Lipinski definition) is 0. The van der Waals surface area contributed by atoms with Gasteiger partial charge in [0.2, 0.25) is 0 Å². The van der Waals surface area contributed by atoms with Crippen molar-refractivity contribution >= 4 is 11.3 Å². The third-order valence-electron chi connectivity index (χ3n) is 4.44. The topological polar surface area (TPSA) is 15.7 Å². The molecule has 2 aliphatic rings. The summed E-state index contributed by atoms with van der Waals surface area (Å²) in [5.41, 5.74) is 0. The Morgan fingerprint density at radius 3 is 3.15 bits per heavy atom. The van der Waals surface area contributed by atoms with Gasteiger partial charge in [-0.25, -0.2) is 4.39 Å². The van der Waals surface area contributed by atoms with Gasteiger partial charge in [-0.1, -0.05) is 6.07 Å². The van der Waals surface area contributed by atoms with Gasteiger partial charge in [-0.05, 0) is 31.3 Å². The molecule has 0 saturated carbocycles. The van der Waals surface area contributed by atoms with Gasteiger partial charge in [-0.15, -0.1) is 11.3 Å². The fraction of sp³-hybridized carbons (Fsp3) is 0.733. The lowest BCUT2D eigenvalue weighted by Crippen LogP contribution is -2.42. The van der Waals surface area contributed by atoms with E-state index in [4.69, 9.17) is 4.74 Å². The van der Waals surface area contributed by atoms with Crippen LogP contribution in [0.3, 0.4) is 0 Å². The first kappa shape index (κ1) is 14.4. The van der Waals surface area contributed by atoms with Crippen molar-refractivity contribution in [1.29, 1.82) is 0 Å². The first-order valence-corrected chi connectivity index (χ1v) is 8.29. The molecule has 0 amide bonds. The summed E-state index contributed by atoms with van der Waals surface area (Å²) in [4.78, 5) is 6.00. The van der Waals surface area contributed by atoms with Crippen LogP contribution in [0.15, 0.2) is 17.5 Å². The molecule has 2 saturated heterocycles. The minimum Gasteiger partial charge on any atom is -0.380 e. The lowest BCUT2D eigenvalue weighted by atomic mass is 10.1. The quantitative estimate of drug-likeness (QED) is 0.830. The van der Waals surface area contributed by atoms with Gasteiger partial charge >= 0.3 is 0 Å². The molecule has 0 N–H and O–H groups in total. The average Bonchev–Trinajstić information content (AvgIpc) is 3.13. The monoisotopic (exact) mass is 298 g/mol. The predicted molar refractivity (Wildman–Crippen MR) is 79.9 cm³/mol. The minimum atomic E-state index is -0.673. The van der Waals surface area contributed by atoms with Gasteiger partial charge in [0.1, 0.15) is 6.17 Å². The van der Waals surface area contributed by atoms with Crippen LogP contribution in [0.1, 0.15) is 17.7 Å². The molecule has 3 nitrogen and oxygen atoms in total. The van der Waals surface area contributed by atoms with Gasteiger partial charge in [0.05, 0.1) is 6.61 Å². The van der Waals surface area contributed by atoms with E-state index in [1.807, 2.05) is 0 Å². The molecule has 3 rings (SSSR count). The van der Waals surface area contributed by atoms with Crippen LogP contribution in [0.2, 0.25) is 0 Å². The highest BCUT2D eigenvalue weighted by Crippen LogP contribution is 2.25. The second kappa shape index (κ2) is 6.52. The molecule has 1 unspecified atom stereocenters. The Hall–Kier alpha value is -0.490. The molecule has 0 aliphatic carbocycles. The van der Waals surface area contributed by atoms with Gasteiger partial charge in [-0.3, -0.25) is 9.80 Å². The molecule has 0 spiro atoms. The molecule has 0 bridgehead atoms. The predicted octanol–water partition coefficient (Wildman–Crippen LogP) is 2.38. The van der Waals surface area contributed by atoms with Crippen molar-refractivity contribution in [3.05, 3.63) is 22.4 Å².